The highest BCUT2D eigenvalue weighted by Gasteiger charge is 2.41. The lowest BCUT2D eigenvalue weighted by molar-refractivity contribution is -0.190. The molecule has 2 aliphatic rings. The molecule has 2 rings (SSSR count). The fourth-order valence-corrected chi connectivity index (χ4v) is 1.92. The summed E-state index contributed by atoms with van der Waals surface area (Å²) in [5, 5.41) is 9.43. The number of aliphatic hydroxyl groups is 1. The molecule has 0 aromatic carbocycles. The molecule has 0 aromatic rings. The Morgan fingerprint density at radius 2 is 2.07 bits per heavy atom. The first kappa shape index (κ1) is 10.4. The number of aliphatic hydroxyl groups excluding tert-OH is 1. The van der Waals surface area contributed by atoms with Crippen LogP contribution in [0, 0.1) is 5.92 Å². The summed E-state index contributed by atoms with van der Waals surface area (Å²) in [7, 11) is 0. The summed E-state index contributed by atoms with van der Waals surface area (Å²) in [4.78, 5) is 0. The van der Waals surface area contributed by atoms with Gasteiger partial charge in [0.15, 0.2) is 0 Å². The minimum atomic E-state index is -0.305. The second kappa shape index (κ2) is 4.60. The Labute approximate surface area is 85.4 Å². The second-order valence-electron chi connectivity index (χ2n) is 4.36. The summed E-state index contributed by atoms with van der Waals surface area (Å²) in [6, 6.07) is 0. The molecule has 2 fully saturated rings. The van der Waals surface area contributed by atoms with Crippen LogP contribution in [0.15, 0.2) is 0 Å². The molecule has 2 aliphatic carbocycles. The molecule has 0 aromatic heterocycles. The smallest absolute Gasteiger partial charge is 0.110 e. The maximum absolute atomic E-state index is 9.43. The molecule has 14 heavy (non-hydrogen) atoms. The standard InChI is InChI=1S/C11H20O3/c1-2-13-11-9(12)7-10(11)14-6-5-8-3-4-8/h8-12H,2-7H2,1H3. The first-order chi connectivity index (χ1) is 6.81. The van der Waals surface area contributed by atoms with Crippen LogP contribution in [0.5, 0.6) is 0 Å². The van der Waals surface area contributed by atoms with E-state index in [0.717, 1.165) is 18.9 Å². The summed E-state index contributed by atoms with van der Waals surface area (Å²) < 4.78 is 11.1. The van der Waals surface area contributed by atoms with Gasteiger partial charge >= 0.3 is 0 Å². The van der Waals surface area contributed by atoms with E-state index in [1.54, 1.807) is 0 Å². The van der Waals surface area contributed by atoms with Gasteiger partial charge in [0, 0.05) is 19.6 Å². The van der Waals surface area contributed by atoms with Crippen LogP contribution in [0.3, 0.4) is 0 Å². The van der Waals surface area contributed by atoms with E-state index in [1.165, 1.54) is 19.3 Å². The first-order valence-corrected chi connectivity index (χ1v) is 5.72. The molecule has 3 nitrogen and oxygen atoms in total. The zero-order valence-electron chi connectivity index (χ0n) is 8.82. The van der Waals surface area contributed by atoms with Gasteiger partial charge in [0.1, 0.15) is 6.10 Å². The fraction of sp³-hybridized carbons (Fsp3) is 1.00. The zero-order valence-corrected chi connectivity index (χ0v) is 8.82. The molecular weight excluding hydrogens is 180 g/mol. The van der Waals surface area contributed by atoms with Crippen molar-refractivity contribution in [1.29, 1.82) is 0 Å². The van der Waals surface area contributed by atoms with Gasteiger partial charge in [-0.15, -0.1) is 0 Å². The minimum absolute atomic E-state index is 0.0702. The zero-order chi connectivity index (χ0) is 9.97. The summed E-state index contributed by atoms with van der Waals surface area (Å²) in [6.07, 6.45) is 4.46. The van der Waals surface area contributed by atoms with Gasteiger partial charge in [0.2, 0.25) is 0 Å². The maximum atomic E-state index is 9.43. The van der Waals surface area contributed by atoms with Crippen LogP contribution in [-0.2, 0) is 9.47 Å². The van der Waals surface area contributed by atoms with E-state index in [1.807, 2.05) is 6.92 Å². The van der Waals surface area contributed by atoms with Gasteiger partial charge in [-0.05, 0) is 19.3 Å². The van der Waals surface area contributed by atoms with E-state index >= 15 is 0 Å². The van der Waals surface area contributed by atoms with Crippen LogP contribution >= 0.6 is 0 Å². The SMILES string of the molecule is CCOC1C(O)CC1OCCC1CC1. The lowest BCUT2D eigenvalue weighted by Crippen LogP contribution is -2.53. The van der Waals surface area contributed by atoms with Gasteiger partial charge in [0.05, 0.1) is 12.2 Å². The molecule has 0 aliphatic heterocycles. The van der Waals surface area contributed by atoms with Crippen LogP contribution in [0.1, 0.15) is 32.6 Å². The quantitative estimate of drug-likeness (QED) is 0.703. The minimum Gasteiger partial charge on any atom is -0.390 e. The van der Waals surface area contributed by atoms with E-state index in [0.29, 0.717) is 6.61 Å². The molecule has 2 saturated carbocycles. The lowest BCUT2D eigenvalue weighted by atomic mass is 9.88. The number of hydrogen-bond acceptors (Lipinski definition) is 3. The topological polar surface area (TPSA) is 38.7 Å². The van der Waals surface area contributed by atoms with E-state index in [4.69, 9.17) is 9.47 Å². The molecule has 0 amide bonds. The van der Waals surface area contributed by atoms with Gasteiger partial charge in [-0.1, -0.05) is 12.8 Å². The average molecular weight is 200 g/mol. The van der Waals surface area contributed by atoms with Crippen molar-refractivity contribution in [2.45, 2.75) is 50.9 Å². The molecule has 3 unspecified atom stereocenters. The van der Waals surface area contributed by atoms with Crippen LogP contribution < -0.4 is 0 Å². The fourth-order valence-electron chi connectivity index (χ4n) is 1.92. The Morgan fingerprint density at radius 1 is 1.29 bits per heavy atom. The Hall–Kier alpha value is -0.120. The third kappa shape index (κ3) is 2.47. The van der Waals surface area contributed by atoms with E-state index in [-0.39, 0.29) is 18.3 Å². The summed E-state index contributed by atoms with van der Waals surface area (Å²) in [5.41, 5.74) is 0. The summed E-state index contributed by atoms with van der Waals surface area (Å²) in [6.45, 7) is 3.45. The van der Waals surface area contributed by atoms with Gasteiger partial charge in [-0.2, -0.15) is 0 Å². The molecular formula is C11H20O3. The normalized spacial score (nSPS) is 36.9. The van der Waals surface area contributed by atoms with Crippen molar-refractivity contribution < 1.29 is 14.6 Å². The van der Waals surface area contributed by atoms with Gasteiger partial charge in [0.25, 0.3) is 0 Å². The third-order valence-corrected chi connectivity index (χ3v) is 3.13. The molecule has 82 valence electrons. The largest absolute Gasteiger partial charge is 0.390 e. The van der Waals surface area contributed by atoms with Crippen molar-refractivity contribution >= 4 is 0 Å². The van der Waals surface area contributed by atoms with Crippen molar-refractivity contribution in [3.63, 3.8) is 0 Å². The highest BCUT2D eigenvalue weighted by atomic mass is 16.6. The molecule has 3 heteroatoms. The van der Waals surface area contributed by atoms with Crippen molar-refractivity contribution in [3.05, 3.63) is 0 Å². The molecule has 3 atom stereocenters. The molecule has 1 N–H and O–H groups in total. The van der Waals surface area contributed by atoms with E-state index < -0.39 is 0 Å². The Morgan fingerprint density at radius 3 is 2.64 bits per heavy atom. The lowest BCUT2D eigenvalue weighted by Gasteiger charge is -2.40. The van der Waals surface area contributed by atoms with Crippen LogP contribution in [-0.4, -0.2) is 36.6 Å². The second-order valence-corrected chi connectivity index (χ2v) is 4.36. The first-order valence-electron chi connectivity index (χ1n) is 5.72. The summed E-state index contributed by atoms with van der Waals surface area (Å²) in [5.74, 6) is 0.922. The van der Waals surface area contributed by atoms with E-state index in [9.17, 15) is 5.11 Å². The highest BCUT2D eigenvalue weighted by Crippen LogP contribution is 2.33. The van der Waals surface area contributed by atoms with Crippen LogP contribution in [0.25, 0.3) is 0 Å². The number of ether oxygens (including phenoxy) is 2. The van der Waals surface area contributed by atoms with Gasteiger partial charge in [-0.3, -0.25) is 0 Å². The van der Waals surface area contributed by atoms with Gasteiger partial charge in [-0.25, -0.2) is 0 Å². The predicted molar refractivity (Wildman–Crippen MR) is 53.1 cm³/mol. The van der Waals surface area contributed by atoms with Gasteiger partial charge < -0.3 is 14.6 Å². The predicted octanol–water partition coefficient (Wildman–Crippen LogP) is 1.34. The van der Waals surface area contributed by atoms with Crippen molar-refractivity contribution in [2.75, 3.05) is 13.2 Å². The Balaban J connectivity index is 1.59. The molecule has 0 heterocycles. The molecule has 0 radical (unpaired) electrons. The monoisotopic (exact) mass is 200 g/mol. The average Bonchev–Trinajstić information content (AvgIpc) is 2.97. The summed E-state index contributed by atoms with van der Waals surface area (Å²) >= 11 is 0. The maximum Gasteiger partial charge on any atom is 0.110 e. The molecule has 0 saturated heterocycles. The molecule has 0 spiro atoms. The Bertz CT molecular complexity index is 179. The number of hydrogen-bond donors (Lipinski definition) is 1. The van der Waals surface area contributed by atoms with E-state index in [2.05, 4.69) is 0 Å². The third-order valence-electron chi connectivity index (χ3n) is 3.13. The van der Waals surface area contributed by atoms with Crippen molar-refractivity contribution in [1.82, 2.24) is 0 Å². The Kier molecular flexibility index (Phi) is 3.42. The van der Waals surface area contributed by atoms with Crippen LogP contribution in [0.4, 0.5) is 0 Å². The number of rotatable bonds is 6. The van der Waals surface area contributed by atoms with Crippen molar-refractivity contribution in [2.24, 2.45) is 5.92 Å². The highest BCUT2D eigenvalue weighted by molar-refractivity contribution is 4.92. The van der Waals surface area contributed by atoms with Crippen molar-refractivity contribution in [3.8, 4) is 0 Å². The van der Waals surface area contributed by atoms with Crippen LogP contribution in [0.2, 0.25) is 0 Å². The molecule has 0 bridgehead atoms.